The molecule has 2 N–H and O–H groups in total. The van der Waals surface area contributed by atoms with Crippen LogP contribution in [0.3, 0.4) is 0 Å². The van der Waals surface area contributed by atoms with E-state index in [1.807, 2.05) is 5.32 Å². The van der Waals surface area contributed by atoms with Crippen molar-refractivity contribution in [2.45, 2.75) is 30.9 Å². The van der Waals surface area contributed by atoms with Gasteiger partial charge in [-0.15, -0.1) is 0 Å². The van der Waals surface area contributed by atoms with Gasteiger partial charge in [0.1, 0.15) is 34.9 Å². The molecule has 0 bridgehead atoms. The molecule has 2 aromatic carbocycles. The highest BCUT2D eigenvalue weighted by atomic mass is 19.4. The van der Waals surface area contributed by atoms with E-state index in [2.05, 4.69) is 9.97 Å². The van der Waals surface area contributed by atoms with E-state index in [-0.39, 0.29) is 40.8 Å². The largest absolute Gasteiger partial charge is 0.480 e. The third kappa shape index (κ3) is 6.45. The fraction of sp³-hybridized carbons (Fsp3) is 0.250. The zero-order valence-electron chi connectivity index (χ0n) is 24.8. The van der Waals surface area contributed by atoms with E-state index in [1.54, 1.807) is 6.07 Å². The molecular weight excluding hydrogens is 670 g/mol. The number of aromatic nitrogens is 3. The number of halogens is 8. The lowest BCUT2D eigenvalue weighted by Gasteiger charge is -2.38. The number of carboxylic acids is 1. The van der Waals surface area contributed by atoms with Gasteiger partial charge < -0.3 is 24.5 Å². The van der Waals surface area contributed by atoms with Crippen LogP contribution in [0.2, 0.25) is 0 Å². The lowest BCUT2D eigenvalue weighted by Crippen LogP contribution is -2.53. The second-order valence-corrected chi connectivity index (χ2v) is 11.1. The molecule has 0 unspecified atom stereocenters. The second-order valence-electron chi connectivity index (χ2n) is 11.1. The van der Waals surface area contributed by atoms with Crippen LogP contribution >= 0.6 is 0 Å². The molecule has 0 saturated carbocycles. The number of hydrogen-bond donors (Lipinski definition) is 2. The zero-order valence-corrected chi connectivity index (χ0v) is 24.8. The van der Waals surface area contributed by atoms with Crippen LogP contribution in [0.5, 0.6) is 0 Å². The number of carbonyl (C=O) groups excluding carboxylic acids is 1. The zero-order chi connectivity index (χ0) is 35.2. The molecule has 0 spiro atoms. The Morgan fingerprint density at radius 1 is 1.02 bits per heavy atom. The normalized spacial score (nSPS) is 16.2. The van der Waals surface area contributed by atoms with Crippen LogP contribution in [-0.2, 0) is 22.1 Å². The molecule has 49 heavy (non-hydrogen) atoms. The number of morpholine rings is 1. The van der Waals surface area contributed by atoms with Gasteiger partial charge in [-0.3, -0.25) is 9.78 Å². The molecule has 3 aromatic heterocycles. The van der Waals surface area contributed by atoms with Gasteiger partial charge in [0, 0.05) is 53.9 Å². The van der Waals surface area contributed by atoms with Gasteiger partial charge in [0.2, 0.25) is 0 Å². The summed E-state index contributed by atoms with van der Waals surface area (Å²) in [6, 6.07) is 5.45. The number of anilines is 1. The molecular formula is C32H23F8N5O4. The first kappa shape index (κ1) is 33.6. The third-order valence-corrected chi connectivity index (χ3v) is 8.08. The maximum absolute atomic E-state index is 15.1. The highest BCUT2D eigenvalue weighted by molar-refractivity contribution is 5.97. The molecule has 0 aliphatic carbocycles. The minimum Gasteiger partial charge on any atom is -0.480 e. The van der Waals surface area contributed by atoms with Crippen LogP contribution in [0.15, 0.2) is 67.1 Å². The van der Waals surface area contributed by atoms with Gasteiger partial charge in [-0.2, -0.15) is 26.3 Å². The van der Waals surface area contributed by atoms with E-state index in [9.17, 15) is 41.0 Å². The summed E-state index contributed by atoms with van der Waals surface area (Å²) in [6.45, 7) is -1.26. The van der Waals surface area contributed by atoms with Crippen LogP contribution in [0, 0.1) is 11.6 Å². The molecule has 9 nitrogen and oxygen atoms in total. The van der Waals surface area contributed by atoms with Crippen LogP contribution in [-0.4, -0.2) is 69.4 Å². The highest BCUT2D eigenvalue weighted by Gasteiger charge is 2.46. The molecule has 1 aliphatic rings. The fourth-order valence-corrected chi connectivity index (χ4v) is 5.84. The summed E-state index contributed by atoms with van der Waals surface area (Å²) in [5, 5.41) is 12.1. The van der Waals surface area contributed by atoms with E-state index < -0.39 is 83.5 Å². The van der Waals surface area contributed by atoms with Crippen molar-refractivity contribution in [1.82, 2.24) is 19.7 Å². The van der Waals surface area contributed by atoms with Crippen molar-refractivity contribution in [3.8, 4) is 11.3 Å². The van der Waals surface area contributed by atoms with E-state index in [0.717, 1.165) is 0 Å². The van der Waals surface area contributed by atoms with Crippen molar-refractivity contribution >= 4 is 34.0 Å². The van der Waals surface area contributed by atoms with Crippen LogP contribution in [0.1, 0.15) is 21.6 Å². The maximum atomic E-state index is 15.1. The van der Waals surface area contributed by atoms with Crippen LogP contribution in [0.4, 0.5) is 40.8 Å². The number of hydrogen-bond acceptors (Lipinski definition) is 6. The standard InChI is InChI=1S/C32H23F8N5O4/c33-21-11-18(44-9-10-49-15-24(44)31(35,36)37)12-22(34)25(21)29(46)43-23(30(47)48)13-17-5-6-20(28-41-7-8-45(17)28)27-26(32(38,39)40)19-4-2-1-3-16(19)14-42-27/h1-8,11-12,14,23-24H,9-10,13,15H2,(H,43,46)(H,47,48)/t23-,24+/m0/s1. The Hall–Kier alpha value is -5.32. The first-order chi connectivity index (χ1) is 23.1. The van der Waals surface area contributed by atoms with Gasteiger partial charge in [-0.25, -0.2) is 18.6 Å². The number of carbonyl (C=O) groups is 2. The Labute approximate surface area is 270 Å². The third-order valence-electron chi connectivity index (χ3n) is 8.08. The Kier molecular flexibility index (Phi) is 8.64. The van der Waals surface area contributed by atoms with Gasteiger partial charge in [-0.05, 0) is 29.7 Å². The minimum atomic E-state index is -4.81. The first-order valence-electron chi connectivity index (χ1n) is 14.5. The number of benzene rings is 2. The van der Waals surface area contributed by atoms with Gasteiger partial charge >= 0.3 is 18.3 Å². The molecule has 5 aromatic rings. The quantitative estimate of drug-likeness (QED) is 0.200. The number of fused-ring (bicyclic) bond motifs is 2. The summed E-state index contributed by atoms with van der Waals surface area (Å²) < 4.78 is 120. The van der Waals surface area contributed by atoms with Crippen molar-refractivity contribution in [1.29, 1.82) is 0 Å². The van der Waals surface area contributed by atoms with Gasteiger partial charge in [0.05, 0.1) is 24.5 Å². The number of alkyl halides is 6. The average Bonchev–Trinajstić information content (AvgIpc) is 3.53. The molecule has 256 valence electrons. The second kappa shape index (κ2) is 12.6. The topological polar surface area (TPSA) is 109 Å². The molecule has 6 rings (SSSR count). The summed E-state index contributed by atoms with van der Waals surface area (Å²) in [6.07, 6.45) is -6.23. The maximum Gasteiger partial charge on any atom is 0.419 e. The molecule has 0 radical (unpaired) electrons. The molecule has 17 heteroatoms. The van der Waals surface area contributed by atoms with Crippen molar-refractivity contribution in [3.63, 3.8) is 0 Å². The number of nitrogens with zero attached hydrogens (tertiary/aromatic N) is 4. The average molecular weight is 694 g/mol. The Bertz CT molecular complexity index is 2060. The van der Waals surface area contributed by atoms with Crippen LogP contribution in [0.25, 0.3) is 27.7 Å². The first-order valence-corrected chi connectivity index (χ1v) is 14.5. The number of ether oxygens (including phenoxy) is 1. The molecule has 1 amide bonds. The number of amides is 1. The monoisotopic (exact) mass is 693 g/mol. The summed E-state index contributed by atoms with van der Waals surface area (Å²) in [4.78, 5) is 34.1. The van der Waals surface area contributed by atoms with Gasteiger partial charge in [0.25, 0.3) is 5.91 Å². The fourth-order valence-electron chi connectivity index (χ4n) is 5.84. The lowest BCUT2D eigenvalue weighted by atomic mass is 9.99. The smallest absolute Gasteiger partial charge is 0.419 e. The van der Waals surface area contributed by atoms with Crippen molar-refractivity contribution in [2.75, 3.05) is 24.7 Å². The Balaban J connectivity index is 1.30. The SMILES string of the molecule is O=C(N[C@@H](Cc1ccc(-c2ncc3ccccc3c2C(F)(F)F)c2nccn12)C(=O)O)c1c(F)cc(N2CCOC[C@@H]2C(F)(F)F)cc1F. The number of aliphatic carboxylic acids is 1. The van der Waals surface area contributed by atoms with E-state index in [0.29, 0.717) is 17.0 Å². The highest BCUT2D eigenvalue weighted by Crippen LogP contribution is 2.41. The van der Waals surface area contributed by atoms with E-state index >= 15 is 8.78 Å². The van der Waals surface area contributed by atoms with Crippen LogP contribution < -0.4 is 10.2 Å². The Morgan fingerprint density at radius 3 is 2.41 bits per heavy atom. The molecule has 1 aliphatic heterocycles. The number of rotatable bonds is 7. The minimum absolute atomic E-state index is 0.0193. The number of nitrogens with one attached hydrogen (secondary N) is 1. The summed E-state index contributed by atoms with van der Waals surface area (Å²) in [5.41, 5.74) is -3.06. The molecule has 1 fully saturated rings. The Morgan fingerprint density at radius 2 is 1.73 bits per heavy atom. The summed E-state index contributed by atoms with van der Waals surface area (Å²) in [5.74, 6) is -6.19. The number of imidazole rings is 1. The van der Waals surface area contributed by atoms with Crippen molar-refractivity contribution < 1.29 is 54.6 Å². The van der Waals surface area contributed by atoms with Gasteiger partial charge in [-0.1, -0.05) is 24.3 Å². The number of carboxylic acid groups (broad SMARTS) is 1. The van der Waals surface area contributed by atoms with Gasteiger partial charge in [0.15, 0.2) is 0 Å². The summed E-state index contributed by atoms with van der Waals surface area (Å²) in [7, 11) is 0. The van der Waals surface area contributed by atoms with Crippen molar-refractivity contribution in [2.24, 2.45) is 0 Å². The molecule has 4 heterocycles. The predicted molar refractivity (Wildman–Crippen MR) is 158 cm³/mol. The van der Waals surface area contributed by atoms with E-state index in [4.69, 9.17) is 4.74 Å². The van der Waals surface area contributed by atoms with E-state index in [1.165, 1.54) is 53.3 Å². The van der Waals surface area contributed by atoms with Crippen molar-refractivity contribution in [3.05, 3.63) is 95.6 Å². The molecule has 2 atom stereocenters. The molecule has 1 saturated heterocycles. The predicted octanol–water partition coefficient (Wildman–Crippen LogP) is 6.04. The number of pyridine rings is 2. The lowest BCUT2D eigenvalue weighted by molar-refractivity contribution is -0.167. The summed E-state index contributed by atoms with van der Waals surface area (Å²) >= 11 is 0.